The van der Waals surface area contributed by atoms with Gasteiger partial charge < -0.3 is 5.11 Å². The average molecular weight is 253 g/mol. The number of hydrogen-bond acceptors (Lipinski definition) is 2. The Bertz CT molecular complexity index is 603. The second kappa shape index (κ2) is 5.96. The number of carboxylic acids is 1. The number of aliphatic carboxylic acids is 1. The maximum atomic E-state index is 10.8. The summed E-state index contributed by atoms with van der Waals surface area (Å²) in [5, 5.41) is 8.87. The molecule has 0 unspecified atom stereocenters. The van der Waals surface area contributed by atoms with E-state index in [0.717, 1.165) is 23.1 Å². The SMILES string of the molecule is CC(=Cc1cccc(Cc2cccnc2)c1)C(=O)O. The molecule has 1 heterocycles. The Kier molecular flexibility index (Phi) is 4.08. The Morgan fingerprint density at radius 2 is 2.05 bits per heavy atom. The van der Waals surface area contributed by atoms with Gasteiger partial charge >= 0.3 is 5.97 Å². The van der Waals surface area contributed by atoms with E-state index in [4.69, 9.17) is 5.11 Å². The first-order valence-corrected chi connectivity index (χ1v) is 6.04. The molecule has 1 N–H and O–H groups in total. The van der Waals surface area contributed by atoms with Crippen LogP contribution in [0.25, 0.3) is 6.08 Å². The quantitative estimate of drug-likeness (QED) is 0.851. The zero-order valence-electron chi connectivity index (χ0n) is 10.7. The van der Waals surface area contributed by atoms with Crippen LogP contribution in [0.3, 0.4) is 0 Å². The van der Waals surface area contributed by atoms with E-state index in [2.05, 4.69) is 4.98 Å². The molecule has 0 saturated carbocycles. The van der Waals surface area contributed by atoms with E-state index in [1.807, 2.05) is 42.6 Å². The predicted molar refractivity (Wildman–Crippen MR) is 74.8 cm³/mol. The molecule has 1 aromatic carbocycles. The monoisotopic (exact) mass is 253 g/mol. The minimum absolute atomic E-state index is 0.332. The van der Waals surface area contributed by atoms with E-state index < -0.39 is 5.97 Å². The second-order valence-electron chi connectivity index (χ2n) is 4.42. The van der Waals surface area contributed by atoms with E-state index in [0.29, 0.717) is 5.57 Å². The van der Waals surface area contributed by atoms with Crippen LogP contribution >= 0.6 is 0 Å². The van der Waals surface area contributed by atoms with Crippen LogP contribution in [-0.2, 0) is 11.2 Å². The molecule has 0 bridgehead atoms. The van der Waals surface area contributed by atoms with Crippen molar-refractivity contribution in [2.45, 2.75) is 13.3 Å². The molecule has 0 spiro atoms. The summed E-state index contributed by atoms with van der Waals surface area (Å²) in [6, 6.07) is 11.8. The van der Waals surface area contributed by atoms with Gasteiger partial charge in [0.2, 0.25) is 0 Å². The van der Waals surface area contributed by atoms with Gasteiger partial charge in [0.05, 0.1) is 0 Å². The van der Waals surface area contributed by atoms with Gasteiger partial charge in [0.25, 0.3) is 0 Å². The van der Waals surface area contributed by atoms with Gasteiger partial charge in [-0.15, -0.1) is 0 Å². The lowest BCUT2D eigenvalue weighted by molar-refractivity contribution is -0.132. The van der Waals surface area contributed by atoms with Crippen LogP contribution in [0.2, 0.25) is 0 Å². The first-order chi connectivity index (χ1) is 9.15. The second-order valence-corrected chi connectivity index (χ2v) is 4.42. The number of benzene rings is 1. The van der Waals surface area contributed by atoms with Crippen LogP contribution in [0, 0.1) is 0 Å². The molecule has 96 valence electrons. The zero-order chi connectivity index (χ0) is 13.7. The van der Waals surface area contributed by atoms with E-state index in [1.165, 1.54) is 0 Å². The minimum Gasteiger partial charge on any atom is -0.478 e. The fourth-order valence-corrected chi connectivity index (χ4v) is 1.84. The lowest BCUT2D eigenvalue weighted by Crippen LogP contribution is -1.95. The molecule has 0 amide bonds. The first kappa shape index (κ1) is 13.0. The van der Waals surface area contributed by atoms with Crippen molar-refractivity contribution in [3.63, 3.8) is 0 Å². The number of pyridine rings is 1. The Hall–Kier alpha value is -2.42. The molecule has 2 rings (SSSR count). The van der Waals surface area contributed by atoms with E-state index in [1.54, 1.807) is 19.2 Å². The maximum Gasteiger partial charge on any atom is 0.331 e. The highest BCUT2D eigenvalue weighted by Gasteiger charge is 2.01. The Morgan fingerprint density at radius 3 is 2.74 bits per heavy atom. The topological polar surface area (TPSA) is 50.2 Å². The molecule has 0 aliphatic rings. The van der Waals surface area contributed by atoms with Crippen LogP contribution < -0.4 is 0 Å². The van der Waals surface area contributed by atoms with Crippen LogP contribution in [-0.4, -0.2) is 16.1 Å². The molecule has 2 aromatic rings. The smallest absolute Gasteiger partial charge is 0.331 e. The normalized spacial score (nSPS) is 11.3. The van der Waals surface area contributed by atoms with Gasteiger partial charge in [-0.3, -0.25) is 4.98 Å². The van der Waals surface area contributed by atoms with Gasteiger partial charge in [0.1, 0.15) is 0 Å². The molecule has 3 heteroatoms. The largest absolute Gasteiger partial charge is 0.478 e. The Morgan fingerprint density at radius 1 is 1.26 bits per heavy atom. The third-order valence-corrected chi connectivity index (χ3v) is 2.80. The molecule has 0 radical (unpaired) electrons. The lowest BCUT2D eigenvalue weighted by atomic mass is 10.0. The van der Waals surface area contributed by atoms with Gasteiger partial charge in [0, 0.05) is 18.0 Å². The highest BCUT2D eigenvalue weighted by atomic mass is 16.4. The molecule has 0 aliphatic carbocycles. The number of carbonyl (C=O) groups is 1. The number of rotatable bonds is 4. The summed E-state index contributed by atoms with van der Waals surface area (Å²) in [6.07, 6.45) is 6.06. The van der Waals surface area contributed by atoms with Crippen LogP contribution in [0.4, 0.5) is 0 Å². The van der Waals surface area contributed by atoms with Crippen molar-refractivity contribution in [3.05, 3.63) is 71.1 Å². The van der Waals surface area contributed by atoms with Gasteiger partial charge in [0.15, 0.2) is 0 Å². The minimum atomic E-state index is -0.891. The summed E-state index contributed by atoms with van der Waals surface area (Å²) in [5.41, 5.74) is 3.51. The Labute approximate surface area is 112 Å². The van der Waals surface area contributed by atoms with Crippen molar-refractivity contribution >= 4 is 12.0 Å². The molecule has 0 aliphatic heterocycles. The van der Waals surface area contributed by atoms with Gasteiger partial charge in [-0.25, -0.2) is 4.79 Å². The fourth-order valence-electron chi connectivity index (χ4n) is 1.84. The molecule has 3 nitrogen and oxygen atoms in total. The van der Waals surface area contributed by atoms with Gasteiger partial charge in [-0.1, -0.05) is 30.3 Å². The van der Waals surface area contributed by atoms with Gasteiger partial charge in [-0.2, -0.15) is 0 Å². The molecule has 0 fully saturated rings. The number of aromatic nitrogens is 1. The summed E-state index contributed by atoms with van der Waals surface area (Å²) < 4.78 is 0. The van der Waals surface area contributed by atoms with E-state index in [9.17, 15) is 4.79 Å². The van der Waals surface area contributed by atoms with Crippen molar-refractivity contribution in [2.24, 2.45) is 0 Å². The van der Waals surface area contributed by atoms with Crippen molar-refractivity contribution < 1.29 is 9.90 Å². The first-order valence-electron chi connectivity index (χ1n) is 6.04. The fraction of sp³-hybridized carbons (Fsp3) is 0.125. The molecule has 0 saturated heterocycles. The lowest BCUT2D eigenvalue weighted by Gasteiger charge is -2.03. The molecule has 1 aromatic heterocycles. The standard InChI is InChI=1S/C16H15NO2/c1-12(16(18)19)8-13-4-2-5-14(9-13)10-15-6-3-7-17-11-15/h2-9,11H,10H2,1H3,(H,18,19). The van der Waals surface area contributed by atoms with Gasteiger partial charge in [-0.05, 0) is 42.2 Å². The molecular formula is C16H15NO2. The summed E-state index contributed by atoms with van der Waals surface area (Å²) in [4.78, 5) is 14.9. The number of nitrogens with zero attached hydrogens (tertiary/aromatic N) is 1. The number of hydrogen-bond donors (Lipinski definition) is 1. The summed E-state index contributed by atoms with van der Waals surface area (Å²) in [6.45, 7) is 1.59. The average Bonchev–Trinajstić information content (AvgIpc) is 2.40. The third kappa shape index (κ3) is 3.78. The maximum absolute atomic E-state index is 10.8. The van der Waals surface area contributed by atoms with E-state index in [-0.39, 0.29) is 0 Å². The van der Waals surface area contributed by atoms with Crippen LogP contribution in [0.1, 0.15) is 23.6 Å². The highest BCUT2D eigenvalue weighted by Crippen LogP contribution is 2.13. The van der Waals surface area contributed by atoms with Crippen molar-refractivity contribution in [1.82, 2.24) is 4.98 Å². The summed E-state index contributed by atoms with van der Waals surface area (Å²) in [7, 11) is 0. The molecule has 19 heavy (non-hydrogen) atoms. The van der Waals surface area contributed by atoms with Crippen LogP contribution in [0.5, 0.6) is 0 Å². The van der Waals surface area contributed by atoms with Crippen molar-refractivity contribution in [3.8, 4) is 0 Å². The number of carboxylic acid groups (broad SMARTS) is 1. The molecule has 0 atom stereocenters. The zero-order valence-corrected chi connectivity index (χ0v) is 10.7. The summed E-state index contributed by atoms with van der Waals surface area (Å²) in [5.74, 6) is -0.891. The highest BCUT2D eigenvalue weighted by molar-refractivity contribution is 5.91. The van der Waals surface area contributed by atoms with Crippen molar-refractivity contribution in [1.29, 1.82) is 0 Å². The van der Waals surface area contributed by atoms with E-state index >= 15 is 0 Å². The predicted octanol–water partition coefficient (Wildman–Crippen LogP) is 3.16. The summed E-state index contributed by atoms with van der Waals surface area (Å²) >= 11 is 0. The Balaban J connectivity index is 2.20. The van der Waals surface area contributed by atoms with Crippen molar-refractivity contribution in [2.75, 3.05) is 0 Å². The van der Waals surface area contributed by atoms with Crippen LogP contribution in [0.15, 0.2) is 54.4 Å². The third-order valence-electron chi connectivity index (χ3n) is 2.80. The molecular weight excluding hydrogens is 238 g/mol.